The van der Waals surface area contributed by atoms with Crippen molar-refractivity contribution in [2.45, 2.75) is 39.1 Å². The fourth-order valence-electron chi connectivity index (χ4n) is 2.18. The number of carbonyl (C=O) groups is 1. The number of carbonyl (C=O) groups excluding carboxylic acids is 1. The molecular formula is C20H22F3N3O3. The van der Waals surface area contributed by atoms with Gasteiger partial charge in [0.1, 0.15) is 17.0 Å². The Morgan fingerprint density at radius 3 is 2.55 bits per heavy atom. The number of allylic oxidation sites excluding steroid dienone is 2. The van der Waals surface area contributed by atoms with E-state index in [1.165, 1.54) is 18.4 Å². The van der Waals surface area contributed by atoms with Crippen LogP contribution in [0.1, 0.15) is 32.1 Å². The van der Waals surface area contributed by atoms with Gasteiger partial charge in [0.05, 0.1) is 12.0 Å². The van der Waals surface area contributed by atoms with Gasteiger partial charge in [-0.2, -0.15) is 13.2 Å². The SMILES string of the molecule is CC(C)(C)OC(=O)NCc1cccc(N=C(/C=C(\N)C(F)(F)F)c2ccco2)c1. The van der Waals surface area contributed by atoms with Crippen LogP contribution in [-0.2, 0) is 11.3 Å². The van der Waals surface area contributed by atoms with E-state index in [1.807, 2.05) is 0 Å². The van der Waals surface area contributed by atoms with Crippen LogP contribution < -0.4 is 11.1 Å². The number of nitrogens with one attached hydrogen (secondary N) is 1. The van der Waals surface area contributed by atoms with E-state index < -0.39 is 23.6 Å². The number of halogens is 3. The van der Waals surface area contributed by atoms with Crippen molar-refractivity contribution in [2.24, 2.45) is 10.7 Å². The van der Waals surface area contributed by atoms with Crippen LogP contribution in [0, 0.1) is 0 Å². The van der Waals surface area contributed by atoms with Crippen molar-refractivity contribution >= 4 is 17.5 Å². The van der Waals surface area contributed by atoms with Gasteiger partial charge in [0.2, 0.25) is 0 Å². The molecule has 0 unspecified atom stereocenters. The molecule has 0 fully saturated rings. The number of hydrogen-bond donors (Lipinski definition) is 2. The minimum Gasteiger partial charge on any atom is -0.463 e. The molecule has 0 aliphatic heterocycles. The van der Waals surface area contributed by atoms with E-state index in [1.54, 1.807) is 45.0 Å². The van der Waals surface area contributed by atoms with E-state index >= 15 is 0 Å². The number of nitrogens with zero attached hydrogens (tertiary/aromatic N) is 1. The van der Waals surface area contributed by atoms with Crippen molar-refractivity contribution < 1.29 is 27.1 Å². The van der Waals surface area contributed by atoms with Gasteiger partial charge < -0.3 is 20.2 Å². The molecule has 1 heterocycles. The highest BCUT2D eigenvalue weighted by atomic mass is 19.4. The average molecular weight is 409 g/mol. The summed E-state index contributed by atoms with van der Waals surface area (Å²) in [6.07, 6.45) is -3.23. The van der Waals surface area contributed by atoms with Crippen LogP contribution >= 0.6 is 0 Å². The summed E-state index contributed by atoms with van der Waals surface area (Å²) in [5, 5.41) is 2.61. The molecule has 2 rings (SSSR count). The molecule has 0 aliphatic rings. The Bertz CT molecular complexity index is 896. The maximum atomic E-state index is 12.8. The fraction of sp³-hybridized carbons (Fsp3) is 0.300. The number of benzene rings is 1. The van der Waals surface area contributed by atoms with Gasteiger partial charge in [-0.25, -0.2) is 9.79 Å². The summed E-state index contributed by atoms with van der Waals surface area (Å²) in [7, 11) is 0. The average Bonchev–Trinajstić information content (AvgIpc) is 3.12. The lowest BCUT2D eigenvalue weighted by atomic mass is 10.2. The number of furan rings is 1. The van der Waals surface area contributed by atoms with E-state index in [9.17, 15) is 18.0 Å². The third-order valence-corrected chi connectivity index (χ3v) is 3.39. The quantitative estimate of drug-likeness (QED) is 0.692. The number of hydrogen-bond acceptors (Lipinski definition) is 5. The lowest BCUT2D eigenvalue weighted by molar-refractivity contribution is -0.0925. The van der Waals surface area contributed by atoms with Crippen molar-refractivity contribution in [3.8, 4) is 0 Å². The summed E-state index contributed by atoms with van der Waals surface area (Å²) in [4.78, 5) is 16.0. The van der Waals surface area contributed by atoms with Gasteiger partial charge in [-0.05, 0) is 56.7 Å². The van der Waals surface area contributed by atoms with E-state index in [4.69, 9.17) is 14.9 Å². The van der Waals surface area contributed by atoms with Crippen molar-refractivity contribution in [1.29, 1.82) is 0 Å². The maximum absolute atomic E-state index is 12.8. The summed E-state index contributed by atoms with van der Waals surface area (Å²) < 4.78 is 48.8. The minimum atomic E-state index is -4.69. The van der Waals surface area contributed by atoms with Crippen molar-refractivity contribution in [3.05, 3.63) is 65.8 Å². The lowest BCUT2D eigenvalue weighted by Crippen LogP contribution is -2.32. The molecule has 3 N–H and O–H groups in total. The van der Waals surface area contributed by atoms with Crippen molar-refractivity contribution in [2.75, 3.05) is 0 Å². The van der Waals surface area contributed by atoms with Crippen LogP contribution in [0.3, 0.4) is 0 Å². The Morgan fingerprint density at radius 1 is 1.24 bits per heavy atom. The molecule has 6 nitrogen and oxygen atoms in total. The number of alkyl carbamates (subject to hydrolysis) is 1. The van der Waals surface area contributed by atoms with Crippen molar-refractivity contribution in [1.82, 2.24) is 5.32 Å². The van der Waals surface area contributed by atoms with Crippen molar-refractivity contribution in [3.63, 3.8) is 0 Å². The lowest BCUT2D eigenvalue weighted by Gasteiger charge is -2.19. The molecule has 0 aliphatic carbocycles. The number of amides is 1. The van der Waals surface area contributed by atoms with E-state index in [0.717, 1.165) is 0 Å². The highest BCUT2D eigenvalue weighted by molar-refractivity contribution is 6.08. The molecule has 29 heavy (non-hydrogen) atoms. The molecule has 9 heteroatoms. The van der Waals surface area contributed by atoms with Gasteiger partial charge in [0.15, 0.2) is 5.76 Å². The zero-order chi connectivity index (χ0) is 21.7. The molecule has 0 spiro atoms. The Labute approximate surface area is 166 Å². The van der Waals surface area contributed by atoms with E-state index in [2.05, 4.69) is 10.3 Å². The van der Waals surface area contributed by atoms with Crippen LogP contribution in [-0.4, -0.2) is 23.6 Å². The molecule has 1 aromatic heterocycles. The largest absolute Gasteiger partial charge is 0.463 e. The molecular weight excluding hydrogens is 387 g/mol. The predicted octanol–water partition coefficient (Wildman–Crippen LogP) is 4.83. The monoisotopic (exact) mass is 409 g/mol. The Morgan fingerprint density at radius 2 is 1.97 bits per heavy atom. The van der Waals surface area contributed by atoms with Crippen LogP contribution in [0.15, 0.2) is 63.8 Å². The molecule has 1 amide bonds. The minimum absolute atomic E-state index is 0.0814. The molecule has 0 radical (unpaired) electrons. The molecule has 0 atom stereocenters. The maximum Gasteiger partial charge on any atom is 0.430 e. The topological polar surface area (TPSA) is 89.8 Å². The number of alkyl halides is 3. The van der Waals surface area contributed by atoms with Gasteiger partial charge in [-0.15, -0.1) is 0 Å². The smallest absolute Gasteiger partial charge is 0.430 e. The van der Waals surface area contributed by atoms with Gasteiger partial charge in [-0.1, -0.05) is 12.1 Å². The number of rotatable bonds is 5. The number of aliphatic imine (C=N–C) groups is 1. The third kappa shape index (κ3) is 7.36. The van der Waals surface area contributed by atoms with Crippen LogP contribution in [0.5, 0.6) is 0 Å². The molecule has 2 aromatic rings. The van der Waals surface area contributed by atoms with Crippen LogP contribution in [0.4, 0.5) is 23.7 Å². The van der Waals surface area contributed by atoms with Crippen LogP contribution in [0.25, 0.3) is 0 Å². The van der Waals surface area contributed by atoms with Crippen LogP contribution in [0.2, 0.25) is 0 Å². The molecule has 0 saturated heterocycles. The van der Waals surface area contributed by atoms with Gasteiger partial charge >= 0.3 is 12.3 Å². The first-order valence-electron chi connectivity index (χ1n) is 8.67. The van der Waals surface area contributed by atoms with Gasteiger partial charge in [0, 0.05) is 6.54 Å². The highest BCUT2D eigenvalue weighted by Crippen LogP contribution is 2.23. The summed E-state index contributed by atoms with van der Waals surface area (Å²) in [5.74, 6) is 0.134. The summed E-state index contributed by atoms with van der Waals surface area (Å²) in [6, 6.07) is 9.65. The molecule has 0 saturated carbocycles. The first-order chi connectivity index (χ1) is 13.4. The first-order valence-corrected chi connectivity index (χ1v) is 8.67. The second-order valence-electron chi connectivity index (χ2n) is 7.10. The van der Waals surface area contributed by atoms with E-state index in [-0.39, 0.29) is 18.0 Å². The molecule has 1 aromatic carbocycles. The Kier molecular flexibility index (Phi) is 6.73. The normalized spacial score (nSPS) is 13.3. The number of nitrogens with two attached hydrogens (primary N) is 1. The Balaban J connectivity index is 2.24. The second-order valence-corrected chi connectivity index (χ2v) is 7.10. The summed E-state index contributed by atoms with van der Waals surface area (Å²) in [6.45, 7) is 5.41. The predicted molar refractivity (Wildman–Crippen MR) is 103 cm³/mol. The zero-order valence-electron chi connectivity index (χ0n) is 16.2. The van der Waals surface area contributed by atoms with Gasteiger partial charge in [0.25, 0.3) is 0 Å². The Hall–Kier alpha value is -3.23. The fourth-order valence-corrected chi connectivity index (χ4v) is 2.18. The standard InChI is InChI=1S/C20H22F3N3O3/c1-19(2,3)29-18(27)25-12-13-6-4-7-14(10-13)26-15(16-8-5-9-28-16)11-17(24)20(21,22)23/h4-11H,12,24H2,1-3H3,(H,25,27)/b17-11-,26-15?. The molecule has 0 bridgehead atoms. The summed E-state index contributed by atoms with van der Waals surface area (Å²) >= 11 is 0. The second kappa shape index (κ2) is 8.85. The number of ether oxygens (including phenoxy) is 1. The third-order valence-electron chi connectivity index (χ3n) is 3.39. The van der Waals surface area contributed by atoms with E-state index in [0.29, 0.717) is 17.3 Å². The molecule has 156 valence electrons. The van der Waals surface area contributed by atoms with Gasteiger partial charge in [-0.3, -0.25) is 0 Å². The summed E-state index contributed by atoms with van der Waals surface area (Å²) in [5.41, 5.74) is 4.17. The zero-order valence-corrected chi connectivity index (χ0v) is 16.2. The first kappa shape index (κ1) is 22.1. The highest BCUT2D eigenvalue weighted by Gasteiger charge is 2.32.